The molecule has 1 aromatic heterocycles. The Labute approximate surface area is 192 Å². The van der Waals surface area contributed by atoms with Gasteiger partial charge in [-0.05, 0) is 31.6 Å². The van der Waals surface area contributed by atoms with Crippen LogP contribution in [0.1, 0.15) is 29.9 Å². The second-order valence-corrected chi connectivity index (χ2v) is 9.41. The third-order valence-electron chi connectivity index (χ3n) is 5.01. The number of aliphatic imine (C=N–C) groups is 1. The number of hydrogen-bond donors (Lipinski definition) is 2. The molecule has 1 amide bonds. The van der Waals surface area contributed by atoms with Crippen molar-refractivity contribution in [1.29, 1.82) is 0 Å². The Kier molecular flexibility index (Phi) is 6.26. The molecule has 0 saturated heterocycles. The van der Waals surface area contributed by atoms with Crippen LogP contribution in [0.15, 0.2) is 53.8 Å². The maximum absolute atomic E-state index is 15.6. The van der Waals surface area contributed by atoms with E-state index in [1.807, 2.05) is 5.32 Å². The van der Waals surface area contributed by atoms with Crippen LogP contribution < -0.4 is 11.1 Å². The van der Waals surface area contributed by atoms with Crippen LogP contribution in [-0.4, -0.2) is 35.3 Å². The van der Waals surface area contributed by atoms with Gasteiger partial charge in [0.2, 0.25) is 16.0 Å². The Hall–Kier alpha value is -3.74. The standard InChI is InChI=1S/C21H19F4N5O3S/c1-10(2)21(9-34(32,33)30(11(3)4)20(26)29-21)16-13(23)5-6-15(17(16)25)28-19(31)18-14(24)7-12(22)8-27-18/h5-8H,1,3,9H2,2,4H3,(H2,26,29)(H,28,31)/t21-/m1/s1. The average Bonchev–Trinajstić information content (AvgIpc) is 2.68. The van der Waals surface area contributed by atoms with Crippen molar-refractivity contribution in [3.8, 4) is 0 Å². The van der Waals surface area contributed by atoms with Gasteiger partial charge in [0.1, 0.15) is 22.9 Å². The summed E-state index contributed by atoms with van der Waals surface area (Å²) in [7, 11) is -4.29. The highest BCUT2D eigenvalue weighted by Gasteiger charge is 2.49. The van der Waals surface area contributed by atoms with E-state index in [0.717, 1.165) is 12.1 Å². The average molecular weight is 497 g/mol. The maximum Gasteiger partial charge on any atom is 0.277 e. The first kappa shape index (κ1) is 24.9. The van der Waals surface area contributed by atoms with Crippen LogP contribution in [0.25, 0.3) is 0 Å². The molecule has 0 bridgehead atoms. The van der Waals surface area contributed by atoms with E-state index in [2.05, 4.69) is 23.1 Å². The number of nitrogens with one attached hydrogen (secondary N) is 1. The van der Waals surface area contributed by atoms with E-state index in [1.165, 1.54) is 13.8 Å². The monoisotopic (exact) mass is 497 g/mol. The third-order valence-corrected chi connectivity index (χ3v) is 6.85. The fraction of sp³-hybridized carbons (Fsp3) is 0.190. The summed E-state index contributed by atoms with van der Waals surface area (Å²) in [5, 5.41) is 2.02. The molecule has 3 rings (SSSR count). The van der Waals surface area contributed by atoms with Gasteiger partial charge < -0.3 is 11.1 Å². The summed E-state index contributed by atoms with van der Waals surface area (Å²) in [6.07, 6.45) is 0.582. The predicted molar refractivity (Wildman–Crippen MR) is 117 cm³/mol. The minimum Gasteiger partial charge on any atom is -0.369 e. The van der Waals surface area contributed by atoms with Gasteiger partial charge in [-0.15, -0.1) is 0 Å². The number of nitrogens with two attached hydrogens (primary N) is 1. The molecule has 2 heterocycles. The van der Waals surface area contributed by atoms with Crippen molar-refractivity contribution >= 4 is 27.6 Å². The molecule has 13 heteroatoms. The Bertz CT molecular complexity index is 1380. The number of hydrogen-bond acceptors (Lipinski definition) is 6. The lowest BCUT2D eigenvalue weighted by molar-refractivity contribution is 0.101. The van der Waals surface area contributed by atoms with E-state index in [1.54, 1.807) is 0 Å². The van der Waals surface area contributed by atoms with Gasteiger partial charge in [0.05, 0.1) is 17.4 Å². The number of carbonyl (C=O) groups is 1. The Morgan fingerprint density at radius 1 is 1.18 bits per heavy atom. The minimum absolute atomic E-state index is 0.00680. The van der Waals surface area contributed by atoms with Crippen LogP contribution in [0.5, 0.6) is 0 Å². The van der Waals surface area contributed by atoms with Gasteiger partial charge in [-0.2, -0.15) is 0 Å². The topological polar surface area (TPSA) is 118 Å². The zero-order chi connectivity index (χ0) is 25.6. The highest BCUT2D eigenvalue weighted by Crippen LogP contribution is 2.42. The Morgan fingerprint density at radius 2 is 1.82 bits per heavy atom. The zero-order valence-electron chi connectivity index (χ0n) is 18.0. The summed E-state index contributed by atoms with van der Waals surface area (Å²) in [5.41, 5.74) is 1.25. The number of halogens is 4. The lowest BCUT2D eigenvalue weighted by Gasteiger charge is -2.39. The molecule has 1 aromatic carbocycles. The van der Waals surface area contributed by atoms with Crippen molar-refractivity contribution in [2.24, 2.45) is 10.7 Å². The molecular weight excluding hydrogens is 478 g/mol. The van der Waals surface area contributed by atoms with E-state index < -0.39 is 73.4 Å². The van der Waals surface area contributed by atoms with Gasteiger partial charge in [-0.3, -0.25) is 4.79 Å². The highest BCUT2D eigenvalue weighted by molar-refractivity contribution is 7.89. The SMILES string of the molecule is C=C(C)N1C(N)=N[C@](C(=C)C)(c2c(F)ccc(NC(=O)c3ncc(F)cc3F)c2F)CS1(=O)=O. The van der Waals surface area contributed by atoms with Crippen molar-refractivity contribution in [1.82, 2.24) is 9.29 Å². The van der Waals surface area contributed by atoms with E-state index in [4.69, 9.17) is 5.73 Å². The maximum atomic E-state index is 15.6. The number of aromatic nitrogens is 1. The van der Waals surface area contributed by atoms with Crippen LogP contribution in [0.4, 0.5) is 23.2 Å². The molecule has 0 aliphatic carbocycles. The second-order valence-electron chi connectivity index (χ2n) is 7.59. The van der Waals surface area contributed by atoms with Gasteiger partial charge in [0.25, 0.3) is 5.91 Å². The summed E-state index contributed by atoms with van der Waals surface area (Å²) < 4.78 is 84.0. The first-order chi connectivity index (χ1) is 15.7. The molecule has 1 atom stereocenters. The van der Waals surface area contributed by atoms with E-state index in [0.29, 0.717) is 16.6 Å². The number of allylic oxidation sites excluding steroid dienone is 1. The lowest BCUT2D eigenvalue weighted by Crippen LogP contribution is -2.53. The van der Waals surface area contributed by atoms with Crippen molar-refractivity contribution in [3.05, 3.63) is 83.4 Å². The van der Waals surface area contributed by atoms with Gasteiger partial charge in [0.15, 0.2) is 17.3 Å². The summed E-state index contributed by atoms with van der Waals surface area (Å²) >= 11 is 0. The Balaban J connectivity index is 2.18. The highest BCUT2D eigenvalue weighted by atomic mass is 32.2. The summed E-state index contributed by atoms with van der Waals surface area (Å²) in [4.78, 5) is 19.8. The molecule has 0 fully saturated rings. The van der Waals surface area contributed by atoms with Crippen molar-refractivity contribution in [2.75, 3.05) is 11.1 Å². The molecule has 2 aromatic rings. The zero-order valence-corrected chi connectivity index (χ0v) is 18.8. The number of carbonyl (C=O) groups excluding carboxylic acids is 1. The smallest absolute Gasteiger partial charge is 0.277 e. The third kappa shape index (κ3) is 4.14. The molecular formula is C21H19F4N5O3S. The molecule has 0 unspecified atom stereocenters. The van der Waals surface area contributed by atoms with Crippen LogP contribution >= 0.6 is 0 Å². The van der Waals surface area contributed by atoms with Crippen molar-refractivity contribution < 1.29 is 30.8 Å². The fourth-order valence-corrected chi connectivity index (χ4v) is 5.44. The van der Waals surface area contributed by atoms with Crippen LogP contribution in [0.2, 0.25) is 0 Å². The quantitative estimate of drug-likeness (QED) is 0.486. The molecule has 0 spiro atoms. The predicted octanol–water partition coefficient (Wildman–Crippen LogP) is 3.16. The number of amides is 1. The Morgan fingerprint density at radius 3 is 2.35 bits per heavy atom. The molecule has 1 aliphatic rings. The number of nitrogens with zero attached hydrogens (tertiary/aromatic N) is 3. The van der Waals surface area contributed by atoms with E-state index in [9.17, 15) is 26.4 Å². The van der Waals surface area contributed by atoms with E-state index >= 15 is 4.39 Å². The molecule has 34 heavy (non-hydrogen) atoms. The number of sulfonamides is 1. The molecule has 3 N–H and O–H groups in total. The van der Waals surface area contributed by atoms with Crippen LogP contribution in [0, 0.1) is 23.3 Å². The number of anilines is 1. The fourth-order valence-electron chi connectivity index (χ4n) is 3.53. The molecule has 0 radical (unpaired) electrons. The number of benzene rings is 1. The molecule has 1 aliphatic heterocycles. The summed E-state index contributed by atoms with van der Waals surface area (Å²) in [6, 6.07) is 2.00. The summed E-state index contributed by atoms with van der Waals surface area (Å²) in [6.45, 7) is 9.84. The van der Waals surface area contributed by atoms with Crippen molar-refractivity contribution in [3.63, 3.8) is 0 Å². The molecule has 8 nitrogen and oxygen atoms in total. The normalized spacial score (nSPS) is 19.4. The first-order valence-corrected chi connectivity index (χ1v) is 11.1. The van der Waals surface area contributed by atoms with Gasteiger partial charge in [-0.1, -0.05) is 13.2 Å². The second kappa shape index (κ2) is 8.56. The summed E-state index contributed by atoms with van der Waals surface area (Å²) in [5.74, 6) is -7.73. The molecule has 0 saturated carbocycles. The molecule has 180 valence electrons. The van der Waals surface area contributed by atoms with E-state index in [-0.39, 0.29) is 11.3 Å². The van der Waals surface area contributed by atoms with Crippen molar-refractivity contribution in [2.45, 2.75) is 19.4 Å². The van der Waals surface area contributed by atoms with Gasteiger partial charge >= 0.3 is 0 Å². The number of guanidine groups is 1. The number of pyridine rings is 1. The number of rotatable bonds is 5. The van der Waals surface area contributed by atoms with Crippen LogP contribution in [-0.2, 0) is 15.6 Å². The first-order valence-electron chi connectivity index (χ1n) is 9.52. The van der Waals surface area contributed by atoms with Gasteiger partial charge in [0, 0.05) is 11.8 Å². The van der Waals surface area contributed by atoms with Crippen LogP contribution in [0.3, 0.4) is 0 Å². The largest absolute Gasteiger partial charge is 0.369 e. The minimum atomic E-state index is -4.29. The van der Waals surface area contributed by atoms with Gasteiger partial charge in [-0.25, -0.2) is 40.3 Å². The lowest BCUT2D eigenvalue weighted by atomic mass is 9.85.